The van der Waals surface area contributed by atoms with Crippen LogP contribution in [0.15, 0.2) is 32.8 Å². The summed E-state index contributed by atoms with van der Waals surface area (Å²) in [5.41, 5.74) is -0.318. The second kappa shape index (κ2) is 5.60. The molecule has 0 atom stereocenters. The van der Waals surface area contributed by atoms with Crippen LogP contribution in [0, 0.1) is 0 Å². The van der Waals surface area contributed by atoms with Crippen molar-refractivity contribution in [3.8, 4) is 0 Å². The molecule has 2 rings (SSSR count). The number of nitrogens with one attached hydrogen (secondary N) is 2. The van der Waals surface area contributed by atoms with Gasteiger partial charge in [-0.25, -0.2) is 9.89 Å². The Balaban J connectivity index is 2.16. The fourth-order valence-corrected chi connectivity index (χ4v) is 2.61. The summed E-state index contributed by atoms with van der Waals surface area (Å²) in [5, 5.41) is 7.07. The number of hydrogen-bond acceptors (Lipinski definition) is 4. The van der Waals surface area contributed by atoms with Crippen LogP contribution in [-0.2, 0) is 5.75 Å². The zero-order valence-electron chi connectivity index (χ0n) is 8.87. The van der Waals surface area contributed by atoms with E-state index in [4.69, 9.17) is 23.2 Å². The molecule has 0 fully saturated rings. The summed E-state index contributed by atoms with van der Waals surface area (Å²) in [7, 11) is 0. The highest BCUT2D eigenvalue weighted by molar-refractivity contribution is 7.98. The van der Waals surface area contributed by atoms with Gasteiger partial charge in [0, 0.05) is 15.8 Å². The molecule has 0 aliphatic carbocycles. The van der Waals surface area contributed by atoms with Crippen molar-refractivity contribution >= 4 is 35.0 Å². The van der Waals surface area contributed by atoms with Crippen LogP contribution in [-0.4, -0.2) is 15.2 Å². The molecule has 2 aromatic rings. The fourth-order valence-electron chi connectivity index (χ4n) is 1.22. The summed E-state index contributed by atoms with van der Waals surface area (Å²) in [6.07, 6.45) is 0. The van der Waals surface area contributed by atoms with Gasteiger partial charge < -0.3 is 0 Å². The van der Waals surface area contributed by atoms with Gasteiger partial charge in [-0.3, -0.25) is 9.78 Å². The van der Waals surface area contributed by atoms with Crippen molar-refractivity contribution in [1.82, 2.24) is 15.2 Å². The van der Waals surface area contributed by atoms with Gasteiger partial charge in [0.1, 0.15) is 0 Å². The first-order valence-electron chi connectivity index (χ1n) is 4.82. The van der Waals surface area contributed by atoms with Crippen LogP contribution in [0.25, 0.3) is 0 Å². The molecule has 8 heteroatoms. The Morgan fingerprint density at radius 2 is 2.06 bits per heavy atom. The lowest BCUT2D eigenvalue weighted by molar-refractivity contribution is 0.807. The zero-order valence-corrected chi connectivity index (χ0v) is 11.2. The monoisotopic (exact) mass is 303 g/mol. The van der Waals surface area contributed by atoms with E-state index in [0.29, 0.717) is 15.8 Å². The lowest BCUT2D eigenvalue weighted by Gasteiger charge is -2.03. The second-order valence-electron chi connectivity index (χ2n) is 3.34. The SMILES string of the molecule is O=c1[nH]nc(SCc2ccc(Cl)cc2Cl)c(=O)[nH]1. The lowest BCUT2D eigenvalue weighted by Crippen LogP contribution is -2.24. The van der Waals surface area contributed by atoms with Crippen molar-refractivity contribution in [1.29, 1.82) is 0 Å². The molecule has 0 amide bonds. The fraction of sp³-hybridized carbons (Fsp3) is 0.100. The largest absolute Gasteiger partial charge is 0.342 e. The summed E-state index contributed by atoms with van der Waals surface area (Å²) < 4.78 is 0. The van der Waals surface area contributed by atoms with Gasteiger partial charge in [-0.15, -0.1) is 0 Å². The van der Waals surface area contributed by atoms with Gasteiger partial charge in [-0.1, -0.05) is 41.0 Å². The van der Waals surface area contributed by atoms with Gasteiger partial charge in [0.05, 0.1) is 0 Å². The Morgan fingerprint density at radius 3 is 2.72 bits per heavy atom. The molecule has 2 N–H and O–H groups in total. The normalized spacial score (nSPS) is 10.6. The zero-order chi connectivity index (χ0) is 13.1. The van der Waals surface area contributed by atoms with E-state index < -0.39 is 11.2 Å². The van der Waals surface area contributed by atoms with Crippen LogP contribution < -0.4 is 11.2 Å². The molecular weight excluding hydrogens is 297 g/mol. The van der Waals surface area contributed by atoms with Crippen molar-refractivity contribution < 1.29 is 0 Å². The van der Waals surface area contributed by atoms with Gasteiger partial charge in [0.15, 0.2) is 5.03 Å². The van der Waals surface area contributed by atoms with Gasteiger partial charge in [0.25, 0.3) is 5.56 Å². The standard InChI is InChI=1S/C10H7Cl2N3O2S/c11-6-2-1-5(7(12)3-6)4-18-9-8(16)13-10(17)15-14-9/h1-3H,4H2,(H2,13,15,16,17). The van der Waals surface area contributed by atoms with E-state index >= 15 is 0 Å². The van der Waals surface area contributed by atoms with Crippen molar-refractivity contribution in [2.75, 3.05) is 0 Å². The van der Waals surface area contributed by atoms with E-state index in [1.54, 1.807) is 18.2 Å². The minimum Gasteiger partial charge on any atom is -0.271 e. The van der Waals surface area contributed by atoms with Gasteiger partial charge >= 0.3 is 5.69 Å². The van der Waals surface area contributed by atoms with Crippen molar-refractivity contribution in [3.63, 3.8) is 0 Å². The quantitative estimate of drug-likeness (QED) is 0.851. The van der Waals surface area contributed by atoms with Crippen LogP contribution in [0.1, 0.15) is 5.56 Å². The Hall–Kier alpha value is -1.24. The van der Waals surface area contributed by atoms with E-state index in [2.05, 4.69) is 15.2 Å². The van der Waals surface area contributed by atoms with E-state index in [9.17, 15) is 9.59 Å². The van der Waals surface area contributed by atoms with Gasteiger partial charge in [0.2, 0.25) is 0 Å². The van der Waals surface area contributed by atoms with Crippen molar-refractivity contribution in [2.45, 2.75) is 10.8 Å². The minimum absolute atomic E-state index is 0.181. The highest BCUT2D eigenvalue weighted by atomic mass is 35.5. The van der Waals surface area contributed by atoms with E-state index in [1.165, 1.54) is 11.8 Å². The number of halogens is 2. The minimum atomic E-state index is -0.631. The van der Waals surface area contributed by atoms with Crippen molar-refractivity contribution in [3.05, 3.63) is 54.6 Å². The summed E-state index contributed by atoms with van der Waals surface area (Å²) in [5.74, 6) is 0.456. The lowest BCUT2D eigenvalue weighted by atomic mass is 10.2. The average Bonchev–Trinajstić information content (AvgIpc) is 2.30. The molecule has 0 aliphatic rings. The smallest absolute Gasteiger partial charge is 0.271 e. The van der Waals surface area contributed by atoms with E-state index in [0.717, 1.165) is 5.56 Å². The first kappa shape index (κ1) is 13.2. The topological polar surface area (TPSA) is 78.6 Å². The molecule has 1 heterocycles. The van der Waals surface area contributed by atoms with Gasteiger partial charge in [-0.2, -0.15) is 5.10 Å². The first-order valence-corrected chi connectivity index (χ1v) is 6.56. The number of aromatic nitrogens is 3. The summed E-state index contributed by atoms with van der Waals surface area (Å²) in [6, 6.07) is 5.12. The molecule has 1 aromatic carbocycles. The predicted molar refractivity (Wildman–Crippen MR) is 71.5 cm³/mol. The number of H-pyrrole nitrogens is 2. The molecule has 0 bridgehead atoms. The maximum absolute atomic E-state index is 11.4. The summed E-state index contributed by atoms with van der Waals surface area (Å²) in [4.78, 5) is 24.3. The maximum atomic E-state index is 11.4. The van der Waals surface area contributed by atoms with Gasteiger partial charge in [-0.05, 0) is 17.7 Å². The third-order valence-corrected chi connectivity index (χ3v) is 3.65. The summed E-state index contributed by atoms with van der Waals surface area (Å²) >= 11 is 13.0. The molecule has 0 spiro atoms. The number of thioether (sulfide) groups is 1. The summed E-state index contributed by atoms with van der Waals surface area (Å²) in [6.45, 7) is 0. The molecule has 5 nitrogen and oxygen atoms in total. The number of hydrogen-bond donors (Lipinski definition) is 2. The highest BCUT2D eigenvalue weighted by Gasteiger charge is 2.06. The maximum Gasteiger partial charge on any atom is 0.342 e. The van der Waals surface area contributed by atoms with Crippen LogP contribution in [0.3, 0.4) is 0 Å². The number of aromatic amines is 2. The van der Waals surface area contributed by atoms with Crippen LogP contribution in [0.5, 0.6) is 0 Å². The molecule has 0 aliphatic heterocycles. The average molecular weight is 304 g/mol. The number of rotatable bonds is 3. The predicted octanol–water partition coefficient (Wildman–Crippen LogP) is 2.06. The first-order chi connectivity index (χ1) is 8.56. The molecule has 0 radical (unpaired) electrons. The Bertz CT molecular complexity index is 683. The Labute approximate surface area is 116 Å². The van der Waals surface area contributed by atoms with Crippen LogP contribution in [0.4, 0.5) is 0 Å². The molecule has 1 aromatic heterocycles. The third-order valence-electron chi connectivity index (χ3n) is 2.06. The number of benzene rings is 1. The van der Waals surface area contributed by atoms with E-state index in [1.807, 2.05) is 0 Å². The second-order valence-corrected chi connectivity index (χ2v) is 5.14. The Morgan fingerprint density at radius 1 is 1.28 bits per heavy atom. The number of nitrogens with zero attached hydrogens (tertiary/aromatic N) is 1. The Kier molecular flexibility index (Phi) is 4.11. The van der Waals surface area contributed by atoms with Crippen LogP contribution >= 0.6 is 35.0 Å². The van der Waals surface area contributed by atoms with E-state index in [-0.39, 0.29) is 5.03 Å². The molecular formula is C10H7Cl2N3O2S. The molecule has 0 saturated heterocycles. The van der Waals surface area contributed by atoms with Crippen LogP contribution in [0.2, 0.25) is 10.0 Å². The van der Waals surface area contributed by atoms with Crippen molar-refractivity contribution in [2.24, 2.45) is 0 Å². The molecule has 0 unspecified atom stereocenters. The molecule has 94 valence electrons. The third kappa shape index (κ3) is 3.16. The highest BCUT2D eigenvalue weighted by Crippen LogP contribution is 2.26. The molecule has 0 saturated carbocycles. The molecule has 18 heavy (non-hydrogen) atoms.